The summed E-state index contributed by atoms with van der Waals surface area (Å²) < 4.78 is 6.00. The van der Waals surface area contributed by atoms with Gasteiger partial charge in [-0.2, -0.15) is 0 Å². The zero-order valence-electron chi connectivity index (χ0n) is 10.3. The van der Waals surface area contributed by atoms with Crippen molar-refractivity contribution in [3.05, 3.63) is 60.1 Å². The molecule has 2 aromatic rings. The molecule has 1 unspecified atom stereocenters. The van der Waals surface area contributed by atoms with Gasteiger partial charge in [0.25, 0.3) is 0 Å². The largest absolute Gasteiger partial charge is 0.495 e. The Kier molecular flexibility index (Phi) is 5.42. The summed E-state index contributed by atoms with van der Waals surface area (Å²) >= 11 is 20.4. The van der Waals surface area contributed by atoms with Gasteiger partial charge in [-0.05, 0) is 46.4 Å². The van der Waals surface area contributed by atoms with Crippen molar-refractivity contribution < 1.29 is 9.84 Å². The molecule has 0 amide bonds. The minimum atomic E-state index is -0.902. The molecular weight excluding hydrogens is 433 g/mol. The van der Waals surface area contributed by atoms with Gasteiger partial charge < -0.3 is 9.84 Å². The van der Waals surface area contributed by atoms with Crippen molar-refractivity contribution in [3.8, 4) is 5.75 Å². The lowest BCUT2D eigenvalue weighted by molar-refractivity contribution is 0.220. The first-order valence-corrected chi connectivity index (χ1v) is 7.81. The van der Waals surface area contributed by atoms with Crippen LogP contribution in [0, 0.1) is 3.57 Å². The third-order valence-corrected chi connectivity index (χ3v) is 5.02. The average molecular weight is 443 g/mol. The van der Waals surface area contributed by atoms with Crippen LogP contribution in [0.2, 0.25) is 15.1 Å². The Morgan fingerprint density at radius 2 is 1.75 bits per heavy atom. The highest BCUT2D eigenvalue weighted by molar-refractivity contribution is 14.1. The van der Waals surface area contributed by atoms with Crippen LogP contribution in [-0.4, -0.2) is 12.2 Å². The maximum atomic E-state index is 10.4. The summed E-state index contributed by atoms with van der Waals surface area (Å²) in [5.41, 5.74) is 1.16. The third-order valence-electron chi connectivity index (χ3n) is 2.83. The Hall–Kier alpha value is -0.200. The molecule has 1 atom stereocenters. The molecule has 0 fully saturated rings. The maximum absolute atomic E-state index is 10.4. The Bertz CT molecular complexity index is 647. The summed E-state index contributed by atoms with van der Waals surface area (Å²) in [6.45, 7) is 0. The highest BCUT2D eigenvalue weighted by Gasteiger charge is 2.17. The molecule has 0 aromatic heterocycles. The molecule has 0 bridgehead atoms. The molecule has 2 rings (SSSR count). The van der Waals surface area contributed by atoms with Crippen LogP contribution in [-0.2, 0) is 0 Å². The third kappa shape index (κ3) is 3.34. The van der Waals surface area contributed by atoms with Gasteiger partial charge in [0.05, 0.1) is 22.2 Å². The van der Waals surface area contributed by atoms with E-state index in [0.717, 1.165) is 3.57 Å². The summed E-state index contributed by atoms with van der Waals surface area (Å²) in [7, 11) is 1.51. The van der Waals surface area contributed by atoms with Crippen LogP contribution in [0.1, 0.15) is 17.2 Å². The molecule has 6 heteroatoms. The van der Waals surface area contributed by atoms with E-state index in [0.29, 0.717) is 31.9 Å². The molecule has 0 aliphatic rings. The SMILES string of the molecule is COc1cc(Cl)c(C(O)c2ccc(I)c(Cl)c2)cc1Cl. The number of hydrogen-bond donors (Lipinski definition) is 1. The first kappa shape index (κ1) is 16.2. The van der Waals surface area contributed by atoms with Crippen molar-refractivity contribution in [1.82, 2.24) is 0 Å². The number of aliphatic hydroxyl groups excluding tert-OH is 1. The van der Waals surface area contributed by atoms with Crippen LogP contribution < -0.4 is 4.74 Å². The number of methoxy groups -OCH3 is 1. The summed E-state index contributed by atoms with van der Waals surface area (Å²) in [5, 5.41) is 11.8. The molecular formula is C14H10Cl3IO2. The number of halogens is 4. The molecule has 20 heavy (non-hydrogen) atoms. The Labute approximate surface area is 145 Å². The average Bonchev–Trinajstić information content (AvgIpc) is 2.43. The van der Waals surface area contributed by atoms with Crippen molar-refractivity contribution >= 4 is 57.4 Å². The Balaban J connectivity index is 2.45. The first-order valence-electron chi connectivity index (χ1n) is 5.60. The summed E-state index contributed by atoms with van der Waals surface area (Å²) in [4.78, 5) is 0. The number of benzene rings is 2. The summed E-state index contributed by atoms with van der Waals surface area (Å²) in [5.74, 6) is 0.466. The van der Waals surface area contributed by atoms with E-state index in [9.17, 15) is 5.11 Å². The predicted octanol–water partition coefficient (Wildman–Crippen LogP) is 5.34. The summed E-state index contributed by atoms with van der Waals surface area (Å²) in [6.07, 6.45) is -0.902. The van der Waals surface area contributed by atoms with Gasteiger partial charge in [-0.15, -0.1) is 0 Å². The highest BCUT2D eigenvalue weighted by atomic mass is 127. The fourth-order valence-electron chi connectivity index (χ4n) is 1.77. The Morgan fingerprint density at radius 1 is 1.05 bits per heavy atom. The zero-order chi connectivity index (χ0) is 14.9. The molecule has 106 valence electrons. The van der Waals surface area contributed by atoms with Gasteiger partial charge in [-0.3, -0.25) is 0 Å². The number of aliphatic hydroxyl groups is 1. The van der Waals surface area contributed by atoms with E-state index < -0.39 is 6.10 Å². The van der Waals surface area contributed by atoms with Gasteiger partial charge in [0.2, 0.25) is 0 Å². The minimum absolute atomic E-state index is 0.383. The second kappa shape index (κ2) is 6.71. The van der Waals surface area contributed by atoms with E-state index in [1.54, 1.807) is 24.3 Å². The van der Waals surface area contributed by atoms with E-state index in [1.165, 1.54) is 7.11 Å². The second-order valence-electron chi connectivity index (χ2n) is 4.08. The van der Waals surface area contributed by atoms with Crippen molar-refractivity contribution in [3.63, 3.8) is 0 Å². The fraction of sp³-hybridized carbons (Fsp3) is 0.143. The lowest BCUT2D eigenvalue weighted by atomic mass is 10.0. The molecule has 0 heterocycles. The van der Waals surface area contributed by atoms with Crippen LogP contribution in [0.25, 0.3) is 0 Å². The van der Waals surface area contributed by atoms with Crippen LogP contribution in [0.5, 0.6) is 5.75 Å². The standard InChI is InChI=1S/C14H10Cl3IO2/c1-20-13-6-9(15)8(5-11(13)17)14(19)7-2-3-12(18)10(16)4-7/h2-6,14,19H,1H3. The molecule has 0 aliphatic heterocycles. The Morgan fingerprint density at radius 3 is 2.35 bits per heavy atom. The van der Waals surface area contributed by atoms with Gasteiger partial charge >= 0.3 is 0 Å². The molecule has 2 aromatic carbocycles. The van der Waals surface area contributed by atoms with E-state index >= 15 is 0 Å². The van der Waals surface area contributed by atoms with Crippen LogP contribution in [0.4, 0.5) is 0 Å². The monoisotopic (exact) mass is 442 g/mol. The molecule has 0 saturated carbocycles. The number of hydrogen-bond acceptors (Lipinski definition) is 2. The van der Waals surface area contributed by atoms with Crippen LogP contribution in [0.3, 0.4) is 0 Å². The van der Waals surface area contributed by atoms with E-state index in [4.69, 9.17) is 39.5 Å². The maximum Gasteiger partial charge on any atom is 0.138 e. The van der Waals surface area contributed by atoms with Crippen molar-refractivity contribution in [1.29, 1.82) is 0 Å². The van der Waals surface area contributed by atoms with Crippen molar-refractivity contribution in [2.75, 3.05) is 7.11 Å². The van der Waals surface area contributed by atoms with Crippen LogP contribution in [0.15, 0.2) is 30.3 Å². The normalized spacial score (nSPS) is 12.3. The highest BCUT2D eigenvalue weighted by Crippen LogP contribution is 2.37. The van der Waals surface area contributed by atoms with E-state index in [1.807, 2.05) is 6.07 Å². The lowest BCUT2D eigenvalue weighted by Gasteiger charge is -2.15. The lowest BCUT2D eigenvalue weighted by Crippen LogP contribution is -2.01. The molecule has 2 nitrogen and oxygen atoms in total. The molecule has 1 N–H and O–H groups in total. The van der Waals surface area contributed by atoms with Crippen molar-refractivity contribution in [2.24, 2.45) is 0 Å². The first-order chi connectivity index (χ1) is 9.43. The van der Waals surface area contributed by atoms with Gasteiger partial charge in [-0.25, -0.2) is 0 Å². The number of ether oxygens (including phenoxy) is 1. The second-order valence-corrected chi connectivity index (χ2v) is 6.47. The predicted molar refractivity (Wildman–Crippen MR) is 91.2 cm³/mol. The van der Waals surface area contributed by atoms with Gasteiger partial charge in [0.15, 0.2) is 0 Å². The fourth-order valence-corrected chi connectivity index (χ4v) is 2.80. The van der Waals surface area contributed by atoms with Crippen molar-refractivity contribution in [2.45, 2.75) is 6.10 Å². The van der Waals surface area contributed by atoms with E-state index in [-0.39, 0.29) is 0 Å². The topological polar surface area (TPSA) is 29.5 Å². The van der Waals surface area contributed by atoms with E-state index in [2.05, 4.69) is 22.6 Å². The summed E-state index contributed by atoms with van der Waals surface area (Å²) in [6, 6.07) is 8.52. The smallest absolute Gasteiger partial charge is 0.138 e. The van der Waals surface area contributed by atoms with Gasteiger partial charge in [-0.1, -0.05) is 40.9 Å². The molecule has 0 spiro atoms. The molecule has 0 radical (unpaired) electrons. The quantitative estimate of drug-likeness (QED) is 0.649. The number of rotatable bonds is 3. The molecule has 0 aliphatic carbocycles. The zero-order valence-corrected chi connectivity index (χ0v) is 14.8. The van der Waals surface area contributed by atoms with Gasteiger partial charge in [0, 0.05) is 15.2 Å². The van der Waals surface area contributed by atoms with Gasteiger partial charge in [0.1, 0.15) is 11.9 Å². The molecule has 0 saturated heterocycles. The van der Waals surface area contributed by atoms with Crippen LogP contribution >= 0.6 is 57.4 Å². The minimum Gasteiger partial charge on any atom is -0.495 e.